The predicted molar refractivity (Wildman–Crippen MR) is 62.2 cm³/mol. The number of aliphatic hydroxyl groups excluding tert-OH is 1. The molecule has 14 heavy (non-hydrogen) atoms. The summed E-state index contributed by atoms with van der Waals surface area (Å²) in [5.74, 6) is 0. The summed E-state index contributed by atoms with van der Waals surface area (Å²) in [7, 11) is 0. The fourth-order valence-corrected chi connectivity index (χ4v) is 1.37. The monoisotopic (exact) mass is 199 g/mol. The van der Waals surface area contributed by atoms with Crippen LogP contribution in [-0.4, -0.2) is 17.8 Å². The lowest BCUT2D eigenvalue weighted by Gasteiger charge is -2.00. The molecule has 0 aliphatic rings. The first-order valence-electron chi connectivity index (χ1n) is 5.84. The molecule has 0 aromatic carbocycles. The van der Waals surface area contributed by atoms with Crippen molar-refractivity contribution >= 4 is 0 Å². The highest BCUT2D eigenvalue weighted by atomic mass is 16.3. The van der Waals surface area contributed by atoms with Gasteiger partial charge in [-0.3, -0.25) is 0 Å². The summed E-state index contributed by atoms with van der Waals surface area (Å²) in [6, 6.07) is -0.171. The van der Waals surface area contributed by atoms with Crippen LogP contribution in [0.5, 0.6) is 0 Å². The van der Waals surface area contributed by atoms with Gasteiger partial charge in [-0.1, -0.05) is 51.2 Å². The first-order chi connectivity index (χ1) is 6.81. The third-order valence-electron chi connectivity index (χ3n) is 2.32. The molecule has 0 bridgehead atoms. The maximum atomic E-state index is 8.66. The Morgan fingerprint density at radius 1 is 1.14 bits per heavy atom. The molecule has 3 N–H and O–H groups in total. The van der Waals surface area contributed by atoms with Crippen molar-refractivity contribution in [3.05, 3.63) is 12.2 Å². The van der Waals surface area contributed by atoms with E-state index in [0.717, 1.165) is 6.42 Å². The minimum absolute atomic E-state index is 0.0486. The molecule has 0 saturated heterocycles. The molecule has 2 heteroatoms. The highest BCUT2D eigenvalue weighted by Gasteiger charge is 1.91. The topological polar surface area (TPSA) is 46.2 Å². The van der Waals surface area contributed by atoms with E-state index in [2.05, 4.69) is 13.0 Å². The molecule has 0 rings (SSSR count). The van der Waals surface area contributed by atoms with E-state index in [1.54, 1.807) is 0 Å². The van der Waals surface area contributed by atoms with Crippen LogP contribution < -0.4 is 5.73 Å². The second-order valence-electron chi connectivity index (χ2n) is 3.83. The van der Waals surface area contributed by atoms with Crippen LogP contribution in [0.1, 0.15) is 51.9 Å². The maximum Gasteiger partial charge on any atom is 0.0618 e. The fraction of sp³-hybridized carbons (Fsp3) is 0.833. The number of unbranched alkanes of at least 4 members (excludes halogenated alkanes) is 6. The van der Waals surface area contributed by atoms with Crippen LogP contribution in [-0.2, 0) is 0 Å². The van der Waals surface area contributed by atoms with Crippen LogP contribution in [0, 0.1) is 0 Å². The second-order valence-corrected chi connectivity index (χ2v) is 3.83. The first kappa shape index (κ1) is 13.7. The molecule has 0 saturated carbocycles. The number of aliphatic hydroxyl groups is 1. The molecular formula is C12H25NO. The van der Waals surface area contributed by atoms with E-state index in [-0.39, 0.29) is 12.6 Å². The highest BCUT2D eigenvalue weighted by molar-refractivity contribution is 4.90. The molecule has 84 valence electrons. The van der Waals surface area contributed by atoms with E-state index in [1.165, 1.54) is 38.5 Å². The van der Waals surface area contributed by atoms with Gasteiger partial charge in [-0.15, -0.1) is 0 Å². The van der Waals surface area contributed by atoms with Gasteiger partial charge in [0.05, 0.1) is 6.61 Å². The third kappa shape index (κ3) is 9.75. The number of hydrogen-bond acceptors (Lipinski definition) is 2. The lowest BCUT2D eigenvalue weighted by atomic mass is 10.1. The lowest BCUT2D eigenvalue weighted by molar-refractivity contribution is 0.284. The Bertz CT molecular complexity index is 134. The van der Waals surface area contributed by atoms with Crippen molar-refractivity contribution in [2.45, 2.75) is 57.9 Å². The van der Waals surface area contributed by atoms with Gasteiger partial charge in [-0.05, 0) is 12.8 Å². The summed E-state index contributed by atoms with van der Waals surface area (Å²) < 4.78 is 0. The Morgan fingerprint density at radius 3 is 2.43 bits per heavy atom. The van der Waals surface area contributed by atoms with Crippen molar-refractivity contribution in [1.29, 1.82) is 0 Å². The average molecular weight is 199 g/mol. The lowest BCUT2D eigenvalue weighted by Crippen LogP contribution is -2.20. The van der Waals surface area contributed by atoms with Crippen LogP contribution in [0.3, 0.4) is 0 Å². The molecule has 2 nitrogen and oxygen atoms in total. The number of rotatable bonds is 9. The summed E-state index contributed by atoms with van der Waals surface area (Å²) in [6.45, 7) is 2.28. The Kier molecular flexibility index (Phi) is 10.5. The van der Waals surface area contributed by atoms with Gasteiger partial charge < -0.3 is 10.8 Å². The van der Waals surface area contributed by atoms with E-state index in [4.69, 9.17) is 10.8 Å². The first-order valence-corrected chi connectivity index (χ1v) is 5.84. The van der Waals surface area contributed by atoms with Gasteiger partial charge in [-0.2, -0.15) is 0 Å². The fourth-order valence-electron chi connectivity index (χ4n) is 1.37. The number of hydrogen-bond donors (Lipinski definition) is 2. The van der Waals surface area contributed by atoms with Crippen molar-refractivity contribution in [2.75, 3.05) is 6.61 Å². The van der Waals surface area contributed by atoms with Crippen LogP contribution in [0.25, 0.3) is 0 Å². The van der Waals surface area contributed by atoms with Gasteiger partial charge in [-0.25, -0.2) is 0 Å². The Morgan fingerprint density at radius 2 is 1.79 bits per heavy atom. The second kappa shape index (κ2) is 10.7. The van der Waals surface area contributed by atoms with Crippen LogP contribution >= 0.6 is 0 Å². The summed E-state index contributed by atoms with van der Waals surface area (Å²) in [5, 5.41) is 8.66. The SMILES string of the molecule is CCCCCCCC/C=C/C(N)CO. The molecule has 0 aromatic heterocycles. The zero-order valence-electron chi connectivity index (χ0n) is 9.41. The summed E-state index contributed by atoms with van der Waals surface area (Å²) in [5.41, 5.74) is 5.52. The van der Waals surface area contributed by atoms with Crippen molar-refractivity contribution in [2.24, 2.45) is 5.73 Å². The molecule has 0 aliphatic heterocycles. The molecule has 0 radical (unpaired) electrons. The predicted octanol–water partition coefficient (Wildman–Crippen LogP) is 2.61. The molecule has 1 unspecified atom stereocenters. The Hall–Kier alpha value is -0.340. The smallest absolute Gasteiger partial charge is 0.0618 e. The zero-order valence-corrected chi connectivity index (χ0v) is 9.41. The molecule has 0 amide bonds. The van der Waals surface area contributed by atoms with Gasteiger partial charge in [0, 0.05) is 6.04 Å². The van der Waals surface area contributed by atoms with E-state index >= 15 is 0 Å². The van der Waals surface area contributed by atoms with E-state index in [0.29, 0.717) is 0 Å². The Balaban J connectivity index is 3.09. The zero-order chi connectivity index (χ0) is 10.6. The average Bonchev–Trinajstić information content (AvgIpc) is 2.21. The molecule has 0 fully saturated rings. The summed E-state index contributed by atoms with van der Waals surface area (Å²) >= 11 is 0. The van der Waals surface area contributed by atoms with Gasteiger partial charge in [0.25, 0.3) is 0 Å². The normalized spacial score (nSPS) is 13.6. The Labute approximate surface area is 88.2 Å². The van der Waals surface area contributed by atoms with Crippen LogP contribution in [0.4, 0.5) is 0 Å². The summed E-state index contributed by atoms with van der Waals surface area (Å²) in [4.78, 5) is 0. The van der Waals surface area contributed by atoms with Crippen molar-refractivity contribution in [1.82, 2.24) is 0 Å². The van der Waals surface area contributed by atoms with Gasteiger partial charge in [0.15, 0.2) is 0 Å². The molecule has 1 atom stereocenters. The van der Waals surface area contributed by atoms with E-state index < -0.39 is 0 Å². The van der Waals surface area contributed by atoms with Gasteiger partial charge >= 0.3 is 0 Å². The minimum atomic E-state index is -0.171. The third-order valence-corrected chi connectivity index (χ3v) is 2.32. The minimum Gasteiger partial charge on any atom is -0.394 e. The van der Waals surface area contributed by atoms with E-state index in [1.807, 2.05) is 6.08 Å². The highest BCUT2D eigenvalue weighted by Crippen LogP contribution is 2.07. The van der Waals surface area contributed by atoms with Crippen LogP contribution in [0.2, 0.25) is 0 Å². The summed E-state index contributed by atoms with van der Waals surface area (Å²) in [6.07, 6.45) is 13.0. The van der Waals surface area contributed by atoms with Crippen molar-refractivity contribution in [3.63, 3.8) is 0 Å². The standard InChI is InChI=1S/C12H25NO/c1-2-3-4-5-6-7-8-9-10-12(13)11-14/h9-10,12,14H,2-8,11,13H2,1H3/b10-9+. The number of nitrogens with two attached hydrogens (primary N) is 1. The molecular weight excluding hydrogens is 174 g/mol. The van der Waals surface area contributed by atoms with Gasteiger partial charge in [0.2, 0.25) is 0 Å². The molecule has 0 heterocycles. The molecule has 0 spiro atoms. The molecule has 0 aliphatic carbocycles. The number of allylic oxidation sites excluding steroid dienone is 1. The molecule has 0 aromatic rings. The quantitative estimate of drug-likeness (QED) is 0.443. The van der Waals surface area contributed by atoms with E-state index in [9.17, 15) is 0 Å². The van der Waals surface area contributed by atoms with Crippen LogP contribution in [0.15, 0.2) is 12.2 Å². The largest absolute Gasteiger partial charge is 0.394 e. The van der Waals surface area contributed by atoms with Crippen molar-refractivity contribution in [3.8, 4) is 0 Å². The van der Waals surface area contributed by atoms with Gasteiger partial charge in [0.1, 0.15) is 0 Å². The maximum absolute atomic E-state index is 8.66. The van der Waals surface area contributed by atoms with Crippen molar-refractivity contribution < 1.29 is 5.11 Å².